The Balaban J connectivity index is 2.93. The van der Waals surface area contributed by atoms with Gasteiger partial charge in [-0.3, -0.25) is 0 Å². The van der Waals surface area contributed by atoms with Crippen LogP contribution in [0.5, 0.6) is 0 Å². The Bertz CT molecular complexity index is 198. The van der Waals surface area contributed by atoms with Gasteiger partial charge in [0.25, 0.3) is 0 Å². The van der Waals surface area contributed by atoms with E-state index in [1.165, 1.54) is 89.9 Å². The first-order chi connectivity index (χ1) is 10.4. The van der Waals surface area contributed by atoms with Gasteiger partial charge in [0.15, 0.2) is 0 Å². The number of hydrogen-bond donors (Lipinski definition) is 0. The second-order valence-electron chi connectivity index (χ2n) is 6.37. The molecule has 0 heterocycles. The highest BCUT2D eigenvalue weighted by atomic mass is 16.2. The fourth-order valence-electron chi connectivity index (χ4n) is 2.83. The van der Waals surface area contributed by atoms with Crippen molar-refractivity contribution in [2.75, 3.05) is 6.61 Å². The molecule has 0 spiro atoms. The Labute approximate surface area is 134 Å². The number of unbranched alkanes of at least 4 members (excludes halogenated alkanes) is 15. The van der Waals surface area contributed by atoms with Crippen LogP contribution >= 0.6 is 0 Å². The van der Waals surface area contributed by atoms with Gasteiger partial charge in [-0.05, 0) is 26.2 Å². The fraction of sp³-hybridized carbons (Fsp3) is 0.900. The van der Waals surface area contributed by atoms with Gasteiger partial charge in [0.1, 0.15) is 0 Å². The third-order valence-corrected chi connectivity index (χ3v) is 4.25. The van der Waals surface area contributed by atoms with Gasteiger partial charge in [0.2, 0.25) is 0 Å². The third kappa shape index (κ3) is 19.7. The lowest BCUT2D eigenvalue weighted by atomic mass is 10.0. The van der Waals surface area contributed by atoms with E-state index in [0.29, 0.717) is 0 Å². The van der Waals surface area contributed by atoms with E-state index in [1.807, 2.05) is 0 Å². The zero-order valence-electron chi connectivity index (χ0n) is 14.6. The quantitative estimate of drug-likeness (QED) is 0.199. The molecule has 0 aliphatic rings. The number of allylic oxidation sites excluding steroid dienone is 2. The predicted octanol–water partition coefficient (Wildman–Crippen LogP) is 7.23. The van der Waals surface area contributed by atoms with E-state index in [0.717, 1.165) is 12.8 Å². The average Bonchev–Trinajstić information content (AvgIpc) is 2.50. The zero-order chi connectivity index (χ0) is 15.4. The summed E-state index contributed by atoms with van der Waals surface area (Å²) < 4.78 is 0. The maximum atomic E-state index is 10.3. The molecule has 0 aliphatic carbocycles. The molecule has 0 fully saturated rings. The van der Waals surface area contributed by atoms with Crippen LogP contribution in [0.15, 0.2) is 12.2 Å². The lowest BCUT2D eigenvalue weighted by Gasteiger charge is -2.03. The highest BCUT2D eigenvalue weighted by Crippen LogP contribution is 2.13. The number of rotatable bonds is 17. The van der Waals surface area contributed by atoms with Crippen molar-refractivity contribution in [3.05, 3.63) is 12.2 Å². The van der Waals surface area contributed by atoms with E-state index < -0.39 is 0 Å². The van der Waals surface area contributed by atoms with Crippen molar-refractivity contribution in [2.24, 2.45) is 0 Å². The Kier molecular flexibility index (Phi) is 19.4. The van der Waals surface area contributed by atoms with Crippen LogP contribution in [0.4, 0.5) is 0 Å². The average molecular weight is 296 g/mol. The highest BCUT2D eigenvalue weighted by Gasteiger charge is 1.94. The minimum atomic E-state index is 0.121. The van der Waals surface area contributed by atoms with Crippen molar-refractivity contribution in [2.45, 2.75) is 110 Å². The molecule has 0 aromatic heterocycles. The molecule has 125 valence electrons. The minimum absolute atomic E-state index is 0.121. The molecule has 0 aliphatic heterocycles. The Morgan fingerprint density at radius 3 is 1.19 bits per heavy atom. The molecule has 0 amide bonds. The molecule has 0 aromatic rings. The van der Waals surface area contributed by atoms with E-state index in [1.54, 1.807) is 0 Å². The van der Waals surface area contributed by atoms with Crippen LogP contribution in [-0.2, 0) is 5.11 Å². The van der Waals surface area contributed by atoms with E-state index in [9.17, 15) is 5.11 Å². The molecule has 0 aromatic carbocycles. The topological polar surface area (TPSA) is 19.9 Å². The summed E-state index contributed by atoms with van der Waals surface area (Å²) in [5.74, 6) is 0. The summed E-state index contributed by atoms with van der Waals surface area (Å²) >= 11 is 0. The van der Waals surface area contributed by atoms with E-state index >= 15 is 0 Å². The minimum Gasteiger partial charge on any atom is -0.237 e. The van der Waals surface area contributed by atoms with Crippen LogP contribution in [0.3, 0.4) is 0 Å². The standard InChI is InChI=1S/C20H39O/c1-2-3-4-5-6-7-8-9-10-11-12-13-14-15-16-17-18-19-20-21/h2-3H,4-20H2,1H3/b3-2+. The normalized spacial score (nSPS) is 11.5. The largest absolute Gasteiger partial charge is 0.237 e. The van der Waals surface area contributed by atoms with Gasteiger partial charge in [-0.25, -0.2) is 5.11 Å². The molecule has 0 saturated carbocycles. The van der Waals surface area contributed by atoms with Crippen LogP contribution in [0.2, 0.25) is 0 Å². The van der Waals surface area contributed by atoms with Gasteiger partial charge >= 0.3 is 0 Å². The molecular formula is C20H39O. The monoisotopic (exact) mass is 295 g/mol. The molecule has 1 heteroatoms. The third-order valence-electron chi connectivity index (χ3n) is 4.25. The Morgan fingerprint density at radius 1 is 0.524 bits per heavy atom. The van der Waals surface area contributed by atoms with Crippen LogP contribution in [0.25, 0.3) is 0 Å². The first kappa shape index (κ1) is 20.7. The second kappa shape index (κ2) is 19.7. The molecule has 0 atom stereocenters. The van der Waals surface area contributed by atoms with Crippen LogP contribution in [0, 0.1) is 0 Å². The van der Waals surface area contributed by atoms with Crippen LogP contribution in [-0.4, -0.2) is 6.61 Å². The molecule has 1 nitrogen and oxygen atoms in total. The molecule has 0 unspecified atom stereocenters. The van der Waals surface area contributed by atoms with Gasteiger partial charge in [0, 0.05) is 0 Å². The smallest absolute Gasteiger partial charge is 0.0822 e. The zero-order valence-corrected chi connectivity index (χ0v) is 14.6. The van der Waals surface area contributed by atoms with Crippen molar-refractivity contribution in [3.63, 3.8) is 0 Å². The van der Waals surface area contributed by atoms with Gasteiger partial charge in [-0.1, -0.05) is 95.6 Å². The molecule has 0 bridgehead atoms. The van der Waals surface area contributed by atoms with Crippen molar-refractivity contribution in [1.82, 2.24) is 0 Å². The summed E-state index contributed by atoms with van der Waals surface area (Å²) in [5.41, 5.74) is 0. The lowest BCUT2D eigenvalue weighted by molar-refractivity contribution is 0.186. The molecule has 0 N–H and O–H groups in total. The Hall–Kier alpha value is -0.300. The van der Waals surface area contributed by atoms with Gasteiger partial charge in [-0.15, -0.1) is 0 Å². The van der Waals surface area contributed by atoms with E-state index in [-0.39, 0.29) is 6.61 Å². The van der Waals surface area contributed by atoms with Crippen molar-refractivity contribution in [3.8, 4) is 0 Å². The summed E-state index contributed by atoms with van der Waals surface area (Å²) in [6.07, 6.45) is 26.0. The van der Waals surface area contributed by atoms with Crippen LogP contribution < -0.4 is 0 Å². The molecule has 1 radical (unpaired) electrons. The van der Waals surface area contributed by atoms with Gasteiger partial charge < -0.3 is 0 Å². The van der Waals surface area contributed by atoms with Crippen LogP contribution in [0.1, 0.15) is 110 Å². The maximum absolute atomic E-state index is 10.3. The second-order valence-corrected chi connectivity index (χ2v) is 6.37. The van der Waals surface area contributed by atoms with E-state index in [2.05, 4.69) is 19.1 Å². The summed E-state index contributed by atoms with van der Waals surface area (Å²) in [4.78, 5) is 0. The van der Waals surface area contributed by atoms with Crippen molar-refractivity contribution >= 4 is 0 Å². The lowest BCUT2D eigenvalue weighted by Crippen LogP contribution is -1.84. The number of hydrogen-bond acceptors (Lipinski definition) is 0. The summed E-state index contributed by atoms with van der Waals surface area (Å²) in [5, 5.41) is 10.3. The predicted molar refractivity (Wildman–Crippen MR) is 94.2 cm³/mol. The maximum Gasteiger partial charge on any atom is 0.0822 e. The SMILES string of the molecule is C/C=C/CCCCCCCCCCCCCCCCC[O]. The summed E-state index contributed by atoms with van der Waals surface area (Å²) in [6.45, 7) is 2.23. The van der Waals surface area contributed by atoms with Gasteiger partial charge in [-0.2, -0.15) is 0 Å². The summed E-state index contributed by atoms with van der Waals surface area (Å²) in [7, 11) is 0. The first-order valence-corrected chi connectivity index (χ1v) is 9.61. The molecule has 0 saturated heterocycles. The first-order valence-electron chi connectivity index (χ1n) is 9.61. The molecular weight excluding hydrogens is 256 g/mol. The highest BCUT2D eigenvalue weighted by molar-refractivity contribution is 4.76. The van der Waals surface area contributed by atoms with E-state index in [4.69, 9.17) is 0 Å². The van der Waals surface area contributed by atoms with Crippen molar-refractivity contribution < 1.29 is 5.11 Å². The van der Waals surface area contributed by atoms with Crippen molar-refractivity contribution in [1.29, 1.82) is 0 Å². The van der Waals surface area contributed by atoms with Gasteiger partial charge in [0.05, 0.1) is 6.61 Å². The molecule has 0 rings (SSSR count). The summed E-state index contributed by atoms with van der Waals surface area (Å²) in [6, 6.07) is 0. The molecule has 21 heavy (non-hydrogen) atoms. The fourth-order valence-corrected chi connectivity index (χ4v) is 2.83. The Morgan fingerprint density at radius 2 is 0.857 bits per heavy atom.